The Bertz CT molecular complexity index is 984. The van der Waals surface area contributed by atoms with Crippen molar-refractivity contribution < 1.29 is 18.0 Å². The van der Waals surface area contributed by atoms with Gasteiger partial charge in [-0.3, -0.25) is 14.5 Å². The Kier molecular flexibility index (Phi) is 7.04. The maximum absolute atomic E-state index is 12.8. The summed E-state index contributed by atoms with van der Waals surface area (Å²) >= 11 is 6.58. The summed E-state index contributed by atoms with van der Waals surface area (Å²) in [6.45, 7) is 4.45. The van der Waals surface area contributed by atoms with Crippen molar-refractivity contribution >= 4 is 56.0 Å². The van der Waals surface area contributed by atoms with Crippen LogP contribution >= 0.6 is 24.0 Å². The van der Waals surface area contributed by atoms with E-state index in [4.69, 9.17) is 12.2 Å². The van der Waals surface area contributed by atoms with Gasteiger partial charge in [-0.05, 0) is 29.5 Å². The Morgan fingerprint density at radius 1 is 1.33 bits per heavy atom. The zero-order chi connectivity index (χ0) is 22.1. The van der Waals surface area contributed by atoms with Crippen LogP contribution in [-0.4, -0.2) is 65.5 Å². The first-order chi connectivity index (χ1) is 14.1. The molecule has 2 heterocycles. The van der Waals surface area contributed by atoms with Crippen LogP contribution in [0.3, 0.4) is 0 Å². The van der Waals surface area contributed by atoms with Crippen molar-refractivity contribution in [2.75, 3.05) is 25.1 Å². The highest BCUT2D eigenvalue weighted by atomic mass is 32.2. The van der Waals surface area contributed by atoms with Gasteiger partial charge in [-0.15, -0.1) is 0 Å². The van der Waals surface area contributed by atoms with Gasteiger partial charge < -0.3 is 4.90 Å². The number of thioether (sulfide) groups is 1. The van der Waals surface area contributed by atoms with Crippen LogP contribution in [0.25, 0.3) is 6.08 Å². The van der Waals surface area contributed by atoms with Crippen LogP contribution in [-0.2, 0) is 19.4 Å². The molecule has 1 atom stereocenters. The lowest BCUT2D eigenvalue weighted by molar-refractivity contribution is -0.132. The van der Waals surface area contributed by atoms with E-state index in [0.29, 0.717) is 21.6 Å². The van der Waals surface area contributed by atoms with Crippen molar-refractivity contribution in [1.29, 1.82) is 0 Å². The monoisotopic (exact) mass is 466 g/mol. The zero-order valence-corrected chi connectivity index (χ0v) is 19.8. The number of carbonyl (C=O) groups is 2. The van der Waals surface area contributed by atoms with E-state index in [-0.39, 0.29) is 42.3 Å². The molecule has 9 heteroatoms. The Morgan fingerprint density at radius 2 is 2.00 bits per heavy atom. The number of thiocarbonyl (C=S) groups is 1. The molecule has 2 fully saturated rings. The number of amides is 2. The van der Waals surface area contributed by atoms with Gasteiger partial charge in [0.2, 0.25) is 5.91 Å². The summed E-state index contributed by atoms with van der Waals surface area (Å²) < 4.78 is 23.7. The van der Waals surface area contributed by atoms with Crippen molar-refractivity contribution in [3.63, 3.8) is 0 Å². The highest BCUT2D eigenvalue weighted by Gasteiger charge is 2.35. The SMILES string of the molecule is CC(C)c1ccc(/C=C2\SC(=S)N(CCC(=O)N(C)[C@@H]3CCS(=O)(=O)C3)C2=O)cc1. The normalized spacial score (nSPS) is 22.3. The van der Waals surface area contributed by atoms with E-state index in [9.17, 15) is 18.0 Å². The molecule has 2 aliphatic heterocycles. The van der Waals surface area contributed by atoms with Crippen molar-refractivity contribution in [2.24, 2.45) is 0 Å². The summed E-state index contributed by atoms with van der Waals surface area (Å²) in [5, 5.41) is 0. The van der Waals surface area contributed by atoms with Crippen molar-refractivity contribution in [2.45, 2.75) is 38.6 Å². The third kappa shape index (κ3) is 5.31. The van der Waals surface area contributed by atoms with Gasteiger partial charge in [0.15, 0.2) is 9.84 Å². The summed E-state index contributed by atoms with van der Waals surface area (Å²) in [4.78, 5) is 28.7. The summed E-state index contributed by atoms with van der Waals surface area (Å²) in [6.07, 6.45) is 2.39. The van der Waals surface area contributed by atoms with Gasteiger partial charge in [0, 0.05) is 26.1 Å². The first-order valence-corrected chi connectivity index (χ1v) is 12.9. The molecule has 2 amide bonds. The first-order valence-electron chi connectivity index (χ1n) is 9.89. The maximum Gasteiger partial charge on any atom is 0.266 e. The molecule has 1 aromatic carbocycles. The topological polar surface area (TPSA) is 74.8 Å². The number of hydrogen-bond acceptors (Lipinski definition) is 6. The minimum atomic E-state index is -3.06. The van der Waals surface area contributed by atoms with E-state index in [2.05, 4.69) is 26.0 Å². The molecule has 0 N–H and O–H groups in total. The molecular weight excluding hydrogens is 440 g/mol. The number of benzene rings is 1. The lowest BCUT2D eigenvalue weighted by Gasteiger charge is -2.24. The number of nitrogens with zero attached hydrogens (tertiary/aromatic N) is 2. The van der Waals surface area contributed by atoms with Crippen molar-refractivity contribution in [1.82, 2.24) is 9.80 Å². The van der Waals surface area contributed by atoms with E-state index in [0.717, 1.165) is 5.56 Å². The van der Waals surface area contributed by atoms with Crippen LogP contribution in [0.2, 0.25) is 0 Å². The van der Waals surface area contributed by atoms with Crippen LogP contribution in [0.4, 0.5) is 0 Å². The van der Waals surface area contributed by atoms with Gasteiger partial charge >= 0.3 is 0 Å². The summed E-state index contributed by atoms with van der Waals surface area (Å²) in [6, 6.07) is 7.78. The Balaban J connectivity index is 1.60. The molecule has 0 spiro atoms. The zero-order valence-electron chi connectivity index (χ0n) is 17.3. The Morgan fingerprint density at radius 3 is 2.57 bits per heavy atom. The second kappa shape index (κ2) is 9.20. The molecule has 0 radical (unpaired) electrons. The van der Waals surface area contributed by atoms with Crippen LogP contribution in [0.1, 0.15) is 43.7 Å². The van der Waals surface area contributed by atoms with Crippen LogP contribution in [0.15, 0.2) is 29.2 Å². The van der Waals surface area contributed by atoms with E-state index in [1.54, 1.807) is 7.05 Å². The van der Waals surface area contributed by atoms with E-state index >= 15 is 0 Å². The van der Waals surface area contributed by atoms with Crippen LogP contribution in [0, 0.1) is 0 Å². The second-order valence-corrected chi connectivity index (χ2v) is 11.9. The van der Waals surface area contributed by atoms with Gasteiger partial charge in [0.25, 0.3) is 5.91 Å². The molecule has 1 aromatic rings. The quantitative estimate of drug-likeness (QED) is 0.474. The van der Waals surface area contributed by atoms with Crippen molar-refractivity contribution in [3.8, 4) is 0 Å². The average molecular weight is 467 g/mol. The molecule has 0 aromatic heterocycles. The van der Waals surface area contributed by atoms with Gasteiger partial charge in [0.1, 0.15) is 4.32 Å². The minimum absolute atomic E-state index is 0.00857. The molecule has 0 aliphatic carbocycles. The van der Waals surface area contributed by atoms with Gasteiger partial charge in [-0.1, -0.05) is 62.1 Å². The smallest absolute Gasteiger partial charge is 0.266 e. The largest absolute Gasteiger partial charge is 0.342 e. The summed E-state index contributed by atoms with van der Waals surface area (Å²) in [5.41, 5.74) is 2.16. The molecule has 30 heavy (non-hydrogen) atoms. The molecule has 3 rings (SSSR count). The number of rotatable bonds is 6. The van der Waals surface area contributed by atoms with Gasteiger partial charge in [0.05, 0.1) is 16.4 Å². The average Bonchev–Trinajstić information content (AvgIpc) is 3.18. The summed E-state index contributed by atoms with van der Waals surface area (Å²) in [5.74, 6) is 0.190. The Hall–Kier alpha value is -1.71. The molecule has 0 unspecified atom stereocenters. The maximum atomic E-state index is 12.8. The summed E-state index contributed by atoms with van der Waals surface area (Å²) in [7, 11) is -1.43. The van der Waals surface area contributed by atoms with Crippen LogP contribution in [0.5, 0.6) is 0 Å². The fourth-order valence-electron chi connectivity index (χ4n) is 3.49. The lowest BCUT2D eigenvalue weighted by atomic mass is 10.0. The Labute approximate surface area is 187 Å². The number of hydrogen-bond donors (Lipinski definition) is 0. The first kappa shape index (κ1) is 23.0. The molecule has 2 saturated heterocycles. The van der Waals surface area contributed by atoms with E-state index in [1.165, 1.54) is 27.1 Å². The van der Waals surface area contributed by atoms with Gasteiger partial charge in [-0.2, -0.15) is 0 Å². The van der Waals surface area contributed by atoms with Crippen LogP contribution < -0.4 is 0 Å². The predicted molar refractivity (Wildman–Crippen MR) is 125 cm³/mol. The molecule has 6 nitrogen and oxygen atoms in total. The number of sulfone groups is 1. The molecule has 2 aliphatic rings. The molecular formula is C21H26N2O4S3. The predicted octanol–water partition coefficient (Wildman–Crippen LogP) is 3.05. The van der Waals surface area contributed by atoms with Crippen molar-refractivity contribution in [3.05, 3.63) is 40.3 Å². The standard InChI is InChI=1S/C21H26N2O4S3/c1-14(2)16-6-4-15(5-7-16)12-18-20(25)23(21(28)29-18)10-8-19(24)22(3)17-9-11-30(26,27)13-17/h4-7,12,14,17H,8-11,13H2,1-3H3/b18-12-/t17-/m1/s1. The fraction of sp³-hybridized carbons (Fsp3) is 0.476. The molecule has 0 saturated carbocycles. The highest BCUT2D eigenvalue weighted by molar-refractivity contribution is 8.26. The highest BCUT2D eigenvalue weighted by Crippen LogP contribution is 2.33. The molecule has 0 bridgehead atoms. The number of carbonyl (C=O) groups excluding carboxylic acids is 2. The third-order valence-corrected chi connectivity index (χ3v) is 8.60. The second-order valence-electron chi connectivity index (χ2n) is 7.97. The molecule has 162 valence electrons. The van der Waals surface area contributed by atoms with Gasteiger partial charge in [-0.25, -0.2) is 8.42 Å². The van der Waals surface area contributed by atoms with E-state index in [1.807, 2.05) is 18.2 Å². The third-order valence-electron chi connectivity index (χ3n) is 5.47. The van der Waals surface area contributed by atoms with E-state index < -0.39 is 9.84 Å². The fourth-order valence-corrected chi connectivity index (χ4v) is 6.57. The lowest BCUT2D eigenvalue weighted by Crippen LogP contribution is -2.40. The minimum Gasteiger partial charge on any atom is -0.342 e.